The molecule has 0 aromatic carbocycles. The number of carbonyl (C=O) groups is 1. The predicted molar refractivity (Wildman–Crippen MR) is 40.8 cm³/mol. The summed E-state index contributed by atoms with van der Waals surface area (Å²) in [5, 5.41) is 5.59. The van der Waals surface area contributed by atoms with Crippen molar-refractivity contribution >= 4 is 12.2 Å². The van der Waals surface area contributed by atoms with Gasteiger partial charge < -0.3 is 10.6 Å². The molecule has 2 atom stereocenters. The van der Waals surface area contributed by atoms with E-state index in [4.69, 9.17) is 0 Å². The summed E-state index contributed by atoms with van der Waals surface area (Å²) in [5.41, 5.74) is 1.05. The molecular weight excluding hydrogens is 142 g/mol. The van der Waals surface area contributed by atoms with Crippen molar-refractivity contribution in [3.8, 4) is 0 Å². The maximum absolute atomic E-state index is 11.2. The van der Waals surface area contributed by atoms with E-state index in [9.17, 15) is 4.79 Å². The van der Waals surface area contributed by atoms with Crippen molar-refractivity contribution in [1.82, 2.24) is 10.6 Å². The lowest BCUT2D eigenvalue weighted by Crippen LogP contribution is -2.42. The van der Waals surface area contributed by atoms with Crippen LogP contribution in [0.15, 0.2) is 16.8 Å². The predicted octanol–water partition coefficient (Wildman–Crippen LogP) is -0.406. The Hall–Kier alpha value is -1.32. The topological polar surface area (TPSA) is 53.5 Å². The molecule has 58 valence electrons. The highest BCUT2D eigenvalue weighted by atomic mass is 16.2. The lowest BCUT2D eigenvalue weighted by atomic mass is 10.00. The molecule has 2 unspecified atom stereocenters. The second-order valence-electron chi connectivity index (χ2n) is 2.76. The van der Waals surface area contributed by atoms with Gasteiger partial charge in [-0.15, -0.1) is 0 Å². The SMILES string of the molecule is CC1=CNC2N=CNC(=O)C12. The molecule has 2 rings (SSSR count). The van der Waals surface area contributed by atoms with Crippen molar-refractivity contribution in [2.45, 2.75) is 13.1 Å². The number of nitrogens with one attached hydrogen (secondary N) is 2. The monoisotopic (exact) mass is 151 g/mol. The van der Waals surface area contributed by atoms with Gasteiger partial charge in [-0.3, -0.25) is 4.79 Å². The Bertz CT molecular complexity index is 256. The quantitative estimate of drug-likeness (QED) is 0.494. The third kappa shape index (κ3) is 0.824. The highest BCUT2D eigenvalue weighted by molar-refractivity contribution is 5.93. The Kier molecular flexibility index (Phi) is 1.21. The fourth-order valence-corrected chi connectivity index (χ4v) is 1.40. The molecule has 4 nitrogen and oxygen atoms in total. The molecule has 0 aliphatic carbocycles. The minimum atomic E-state index is -0.0972. The Morgan fingerprint density at radius 2 is 2.45 bits per heavy atom. The van der Waals surface area contributed by atoms with E-state index in [0.29, 0.717) is 0 Å². The van der Waals surface area contributed by atoms with Crippen molar-refractivity contribution in [1.29, 1.82) is 0 Å². The van der Waals surface area contributed by atoms with Gasteiger partial charge in [-0.2, -0.15) is 0 Å². The Morgan fingerprint density at radius 1 is 1.64 bits per heavy atom. The van der Waals surface area contributed by atoms with Gasteiger partial charge in [0.15, 0.2) is 0 Å². The highest BCUT2D eigenvalue weighted by Gasteiger charge is 2.34. The number of rotatable bonds is 0. The van der Waals surface area contributed by atoms with Crippen molar-refractivity contribution in [3.05, 3.63) is 11.8 Å². The van der Waals surface area contributed by atoms with Crippen LogP contribution in [0.1, 0.15) is 6.92 Å². The zero-order chi connectivity index (χ0) is 7.84. The highest BCUT2D eigenvalue weighted by Crippen LogP contribution is 2.22. The first-order valence-electron chi connectivity index (χ1n) is 3.54. The maximum atomic E-state index is 11.2. The molecule has 2 heterocycles. The summed E-state index contributed by atoms with van der Waals surface area (Å²) >= 11 is 0. The Labute approximate surface area is 64.4 Å². The fourth-order valence-electron chi connectivity index (χ4n) is 1.40. The summed E-state index contributed by atoms with van der Waals surface area (Å²) in [6.07, 6.45) is 3.23. The van der Waals surface area contributed by atoms with Gasteiger partial charge in [0.1, 0.15) is 12.1 Å². The van der Waals surface area contributed by atoms with Crippen LogP contribution in [0.4, 0.5) is 0 Å². The van der Waals surface area contributed by atoms with E-state index in [1.54, 1.807) is 0 Å². The molecule has 11 heavy (non-hydrogen) atoms. The smallest absolute Gasteiger partial charge is 0.236 e. The molecule has 2 aliphatic heterocycles. The van der Waals surface area contributed by atoms with Gasteiger partial charge in [-0.25, -0.2) is 4.99 Å². The molecule has 0 aromatic rings. The number of aliphatic imine (C=N–C) groups is 1. The van der Waals surface area contributed by atoms with E-state index in [0.717, 1.165) is 5.57 Å². The molecule has 0 aromatic heterocycles. The summed E-state index contributed by atoms with van der Waals surface area (Å²) in [7, 11) is 0. The van der Waals surface area contributed by atoms with Crippen LogP contribution in [-0.2, 0) is 4.79 Å². The van der Waals surface area contributed by atoms with Crippen LogP contribution in [0, 0.1) is 5.92 Å². The number of fused-ring (bicyclic) bond motifs is 1. The van der Waals surface area contributed by atoms with E-state index < -0.39 is 0 Å². The molecule has 2 N–H and O–H groups in total. The molecule has 2 aliphatic rings. The van der Waals surface area contributed by atoms with E-state index in [2.05, 4.69) is 15.6 Å². The number of nitrogens with zero attached hydrogens (tertiary/aromatic N) is 1. The summed E-state index contributed by atoms with van der Waals surface area (Å²) in [6, 6.07) is 0. The zero-order valence-electron chi connectivity index (χ0n) is 6.16. The summed E-state index contributed by atoms with van der Waals surface area (Å²) in [6.45, 7) is 1.93. The van der Waals surface area contributed by atoms with E-state index >= 15 is 0 Å². The first-order chi connectivity index (χ1) is 5.29. The summed E-state index contributed by atoms with van der Waals surface area (Å²) in [5.74, 6) is -0.0660. The van der Waals surface area contributed by atoms with Gasteiger partial charge in [0, 0.05) is 0 Å². The van der Waals surface area contributed by atoms with Gasteiger partial charge in [0.2, 0.25) is 5.91 Å². The minimum Gasteiger partial charge on any atom is -0.369 e. The molecular formula is C7H9N3O. The largest absolute Gasteiger partial charge is 0.369 e. The third-order valence-electron chi connectivity index (χ3n) is 2.01. The molecule has 0 radical (unpaired) electrons. The lowest BCUT2D eigenvalue weighted by Gasteiger charge is -2.20. The molecule has 0 fully saturated rings. The summed E-state index contributed by atoms with van der Waals surface area (Å²) < 4.78 is 0. The number of hydrogen-bond acceptors (Lipinski definition) is 3. The Morgan fingerprint density at radius 3 is 3.18 bits per heavy atom. The maximum Gasteiger partial charge on any atom is 0.236 e. The summed E-state index contributed by atoms with van der Waals surface area (Å²) in [4.78, 5) is 15.3. The van der Waals surface area contributed by atoms with Crippen LogP contribution in [0.5, 0.6) is 0 Å². The van der Waals surface area contributed by atoms with Gasteiger partial charge in [0.05, 0.1) is 6.34 Å². The standard InChI is InChI=1S/C7H9N3O/c1-4-2-8-6-5(4)7(11)10-3-9-6/h2-3,5-6,8H,1H3,(H,9,10,11). The molecule has 0 spiro atoms. The number of carbonyl (C=O) groups excluding carboxylic acids is 1. The van der Waals surface area contributed by atoms with Gasteiger partial charge in [-0.05, 0) is 18.7 Å². The van der Waals surface area contributed by atoms with Gasteiger partial charge in [-0.1, -0.05) is 0 Å². The Balaban J connectivity index is 2.31. The van der Waals surface area contributed by atoms with Gasteiger partial charge in [0.25, 0.3) is 0 Å². The molecule has 0 saturated heterocycles. The van der Waals surface area contributed by atoms with Gasteiger partial charge >= 0.3 is 0 Å². The van der Waals surface area contributed by atoms with E-state index in [1.165, 1.54) is 6.34 Å². The molecule has 4 heteroatoms. The van der Waals surface area contributed by atoms with Crippen molar-refractivity contribution < 1.29 is 4.79 Å². The van der Waals surface area contributed by atoms with Crippen LogP contribution in [0.25, 0.3) is 0 Å². The molecule has 1 amide bonds. The van der Waals surface area contributed by atoms with Crippen molar-refractivity contribution in [3.63, 3.8) is 0 Å². The minimum absolute atomic E-state index is 0.0313. The average Bonchev–Trinajstić information content (AvgIpc) is 2.34. The van der Waals surface area contributed by atoms with Crippen LogP contribution in [0.2, 0.25) is 0 Å². The normalized spacial score (nSPS) is 33.9. The third-order valence-corrected chi connectivity index (χ3v) is 2.01. The average molecular weight is 151 g/mol. The fraction of sp³-hybridized carbons (Fsp3) is 0.429. The van der Waals surface area contributed by atoms with Crippen LogP contribution in [-0.4, -0.2) is 18.4 Å². The van der Waals surface area contributed by atoms with E-state index in [1.807, 2.05) is 13.1 Å². The van der Waals surface area contributed by atoms with Crippen LogP contribution >= 0.6 is 0 Å². The van der Waals surface area contributed by atoms with Crippen LogP contribution in [0.3, 0.4) is 0 Å². The second-order valence-corrected chi connectivity index (χ2v) is 2.76. The first kappa shape index (κ1) is 6.39. The molecule has 0 bridgehead atoms. The van der Waals surface area contributed by atoms with Crippen LogP contribution < -0.4 is 10.6 Å². The lowest BCUT2D eigenvalue weighted by molar-refractivity contribution is -0.123. The number of hydrogen-bond donors (Lipinski definition) is 2. The molecule has 0 saturated carbocycles. The van der Waals surface area contributed by atoms with Crippen molar-refractivity contribution in [2.24, 2.45) is 10.9 Å². The zero-order valence-corrected chi connectivity index (χ0v) is 6.16. The van der Waals surface area contributed by atoms with Crippen molar-refractivity contribution in [2.75, 3.05) is 0 Å². The van der Waals surface area contributed by atoms with E-state index in [-0.39, 0.29) is 18.0 Å². The second kappa shape index (κ2) is 2.08. The first-order valence-corrected chi connectivity index (χ1v) is 3.54. The number of amides is 1.